The van der Waals surface area contributed by atoms with Gasteiger partial charge >= 0.3 is 0 Å². The van der Waals surface area contributed by atoms with Gasteiger partial charge in [0, 0.05) is 0 Å². The van der Waals surface area contributed by atoms with Crippen LogP contribution in [-0.4, -0.2) is 11.7 Å². The summed E-state index contributed by atoms with van der Waals surface area (Å²) >= 11 is 6.10. The Kier molecular flexibility index (Phi) is 4.63. The molecule has 0 heterocycles. The fraction of sp³-hybridized carbons (Fsp3) is 0.538. The van der Waals surface area contributed by atoms with E-state index in [2.05, 4.69) is 0 Å². The fourth-order valence-corrected chi connectivity index (χ4v) is 2.24. The van der Waals surface area contributed by atoms with Gasteiger partial charge in [0.1, 0.15) is 5.75 Å². The van der Waals surface area contributed by atoms with Crippen LogP contribution in [-0.2, 0) is 6.42 Å². The first kappa shape index (κ1) is 13.3. The quantitative estimate of drug-likeness (QED) is 0.795. The maximum Gasteiger partial charge on any atom is 0.137 e. The molecule has 0 saturated heterocycles. The largest absolute Gasteiger partial charge is 0.506 e. The third-order valence-electron chi connectivity index (χ3n) is 3.24. The average molecular weight is 242 g/mol. The molecule has 0 fully saturated rings. The standard InChI is InChI=1S/C13H20ClNO/c1-8-9(2)13(16)12(14)10(3)11(8)6-4-5-7-15/h16H,4-7,15H2,1-3H3. The number of phenolic OH excluding ortho intramolecular Hbond substituents is 1. The van der Waals surface area contributed by atoms with Gasteiger partial charge in [0.15, 0.2) is 0 Å². The van der Waals surface area contributed by atoms with Crippen LogP contribution >= 0.6 is 11.6 Å². The molecule has 1 aromatic carbocycles. The highest BCUT2D eigenvalue weighted by atomic mass is 35.5. The van der Waals surface area contributed by atoms with Crippen LogP contribution in [0.1, 0.15) is 35.1 Å². The van der Waals surface area contributed by atoms with Gasteiger partial charge in [-0.15, -0.1) is 0 Å². The molecule has 16 heavy (non-hydrogen) atoms. The molecule has 0 bridgehead atoms. The van der Waals surface area contributed by atoms with Gasteiger partial charge in [-0.1, -0.05) is 11.6 Å². The molecule has 0 amide bonds. The van der Waals surface area contributed by atoms with Crippen molar-refractivity contribution in [2.45, 2.75) is 40.0 Å². The lowest BCUT2D eigenvalue weighted by Gasteiger charge is -2.16. The van der Waals surface area contributed by atoms with Crippen LogP contribution in [0.4, 0.5) is 0 Å². The molecule has 2 nitrogen and oxygen atoms in total. The Hall–Kier alpha value is -0.730. The predicted octanol–water partition coefficient (Wildman–Crippen LogP) is 3.25. The van der Waals surface area contributed by atoms with Gasteiger partial charge < -0.3 is 10.8 Å². The molecular formula is C13H20ClNO. The number of halogens is 1. The molecule has 0 atom stereocenters. The third kappa shape index (κ3) is 2.50. The molecule has 0 aliphatic heterocycles. The number of hydrogen-bond donors (Lipinski definition) is 2. The van der Waals surface area contributed by atoms with Crippen LogP contribution in [0.2, 0.25) is 5.02 Å². The van der Waals surface area contributed by atoms with Crippen LogP contribution in [0.25, 0.3) is 0 Å². The highest BCUT2D eigenvalue weighted by Crippen LogP contribution is 2.36. The van der Waals surface area contributed by atoms with Gasteiger partial charge in [0.2, 0.25) is 0 Å². The minimum atomic E-state index is 0.222. The van der Waals surface area contributed by atoms with Crippen molar-refractivity contribution in [1.29, 1.82) is 0 Å². The van der Waals surface area contributed by atoms with Crippen molar-refractivity contribution in [3.05, 3.63) is 27.3 Å². The number of rotatable bonds is 4. The summed E-state index contributed by atoms with van der Waals surface area (Å²) in [4.78, 5) is 0. The van der Waals surface area contributed by atoms with Gasteiger partial charge in [-0.3, -0.25) is 0 Å². The number of benzene rings is 1. The van der Waals surface area contributed by atoms with Crippen molar-refractivity contribution >= 4 is 11.6 Å². The lowest BCUT2D eigenvalue weighted by molar-refractivity contribution is 0.470. The van der Waals surface area contributed by atoms with E-state index in [1.54, 1.807) is 0 Å². The molecular weight excluding hydrogens is 222 g/mol. The maximum atomic E-state index is 9.81. The molecule has 3 N–H and O–H groups in total. The van der Waals surface area contributed by atoms with Crippen molar-refractivity contribution < 1.29 is 5.11 Å². The predicted molar refractivity (Wildman–Crippen MR) is 69.3 cm³/mol. The van der Waals surface area contributed by atoms with Gasteiger partial charge in [-0.05, 0) is 68.8 Å². The van der Waals surface area contributed by atoms with Gasteiger partial charge in [0.25, 0.3) is 0 Å². The van der Waals surface area contributed by atoms with Crippen molar-refractivity contribution in [1.82, 2.24) is 0 Å². The normalized spacial score (nSPS) is 10.8. The van der Waals surface area contributed by atoms with E-state index >= 15 is 0 Å². The smallest absolute Gasteiger partial charge is 0.137 e. The van der Waals surface area contributed by atoms with Crippen LogP contribution in [0.15, 0.2) is 0 Å². The second kappa shape index (κ2) is 5.55. The zero-order valence-corrected chi connectivity index (χ0v) is 11.0. The zero-order chi connectivity index (χ0) is 12.3. The molecule has 1 aromatic rings. The van der Waals surface area contributed by atoms with E-state index < -0.39 is 0 Å². The van der Waals surface area contributed by atoms with Crippen LogP contribution in [0, 0.1) is 20.8 Å². The first-order valence-corrected chi connectivity index (χ1v) is 6.05. The summed E-state index contributed by atoms with van der Waals surface area (Å²) in [6.45, 7) is 6.63. The van der Waals surface area contributed by atoms with Crippen molar-refractivity contribution in [3.8, 4) is 5.75 Å². The minimum absolute atomic E-state index is 0.222. The molecule has 0 spiro atoms. The SMILES string of the molecule is Cc1c(C)c(CCCCN)c(C)c(Cl)c1O. The topological polar surface area (TPSA) is 46.2 Å². The number of unbranched alkanes of at least 4 members (excludes halogenated alkanes) is 1. The Labute approximate surface area is 102 Å². The first-order chi connectivity index (χ1) is 7.50. The Morgan fingerprint density at radius 1 is 1.06 bits per heavy atom. The van der Waals surface area contributed by atoms with Crippen LogP contribution in [0.3, 0.4) is 0 Å². The lowest BCUT2D eigenvalue weighted by atomic mass is 9.93. The molecule has 0 saturated carbocycles. The van der Waals surface area contributed by atoms with E-state index in [9.17, 15) is 5.11 Å². The Balaban J connectivity index is 3.08. The number of nitrogens with two attached hydrogens (primary N) is 1. The number of aromatic hydroxyl groups is 1. The third-order valence-corrected chi connectivity index (χ3v) is 3.70. The molecule has 0 aliphatic rings. The van der Waals surface area contributed by atoms with Gasteiger partial charge in [-0.2, -0.15) is 0 Å². The second-order valence-corrected chi connectivity index (χ2v) is 4.64. The second-order valence-electron chi connectivity index (χ2n) is 4.26. The molecule has 90 valence electrons. The summed E-state index contributed by atoms with van der Waals surface area (Å²) in [6.07, 6.45) is 3.07. The minimum Gasteiger partial charge on any atom is -0.506 e. The zero-order valence-electron chi connectivity index (χ0n) is 10.2. The highest BCUT2D eigenvalue weighted by molar-refractivity contribution is 6.33. The summed E-state index contributed by atoms with van der Waals surface area (Å²) in [5.41, 5.74) is 9.78. The van der Waals surface area contributed by atoms with Crippen molar-refractivity contribution in [2.24, 2.45) is 5.73 Å². The van der Waals surface area contributed by atoms with Gasteiger partial charge in [-0.25, -0.2) is 0 Å². The molecule has 0 radical (unpaired) electrons. The van der Waals surface area contributed by atoms with E-state index in [1.165, 1.54) is 5.56 Å². The monoisotopic (exact) mass is 241 g/mol. The summed E-state index contributed by atoms with van der Waals surface area (Å²) in [5.74, 6) is 0.222. The molecule has 1 rings (SSSR count). The van der Waals surface area contributed by atoms with Crippen molar-refractivity contribution in [2.75, 3.05) is 6.54 Å². The van der Waals surface area contributed by atoms with E-state index in [-0.39, 0.29) is 5.75 Å². The highest BCUT2D eigenvalue weighted by Gasteiger charge is 2.14. The van der Waals surface area contributed by atoms with Gasteiger partial charge in [0.05, 0.1) is 5.02 Å². The maximum absolute atomic E-state index is 9.81. The van der Waals surface area contributed by atoms with E-state index in [0.717, 1.165) is 42.5 Å². The number of hydrogen-bond acceptors (Lipinski definition) is 2. The van der Waals surface area contributed by atoms with E-state index in [4.69, 9.17) is 17.3 Å². The van der Waals surface area contributed by atoms with Crippen LogP contribution < -0.4 is 5.73 Å². The lowest BCUT2D eigenvalue weighted by Crippen LogP contribution is -2.02. The van der Waals surface area contributed by atoms with Crippen molar-refractivity contribution in [3.63, 3.8) is 0 Å². The average Bonchev–Trinajstić information content (AvgIpc) is 2.28. The van der Waals surface area contributed by atoms with Crippen LogP contribution in [0.5, 0.6) is 5.75 Å². The number of phenols is 1. The molecule has 0 aliphatic carbocycles. The summed E-state index contributed by atoms with van der Waals surface area (Å²) in [6, 6.07) is 0. The first-order valence-electron chi connectivity index (χ1n) is 5.67. The van der Waals surface area contributed by atoms with E-state index in [0.29, 0.717) is 5.02 Å². The molecule has 3 heteroatoms. The Morgan fingerprint density at radius 2 is 1.69 bits per heavy atom. The van der Waals surface area contributed by atoms with E-state index in [1.807, 2.05) is 20.8 Å². The summed E-state index contributed by atoms with van der Waals surface area (Å²) < 4.78 is 0. The Bertz CT molecular complexity index is 359. The summed E-state index contributed by atoms with van der Waals surface area (Å²) in [5, 5.41) is 10.3. The molecule has 0 aromatic heterocycles. The fourth-order valence-electron chi connectivity index (χ4n) is 1.98. The Morgan fingerprint density at radius 3 is 2.25 bits per heavy atom. The molecule has 0 unspecified atom stereocenters. The summed E-state index contributed by atoms with van der Waals surface area (Å²) in [7, 11) is 0.